The second-order valence-electron chi connectivity index (χ2n) is 6.18. The highest BCUT2D eigenvalue weighted by Crippen LogP contribution is 2.26. The number of benzene rings is 1. The van der Waals surface area contributed by atoms with Crippen molar-refractivity contribution in [3.05, 3.63) is 48.0 Å². The maximum atomic E-state index is 12.8. The summed E-state index contributed by atoms with van der Waals surface area (Å²) < 4.78 is 27.0. The number of nitriles is 1. The molecule has 0 aliphatic heterocycles. The Hall–Kier alpha value is -1.64. The fourth-order valence-electron chi connectivity index (χ4n) is 3.12. The first-order valence-electron chi connectivity index (χ1n) is 8.13. The van der Waals surface area contributed by atoms with E-state index in [4.69, 9.17) is 5.26 Å². The van der Waals surface area contributed by atoms with Gasteiger partial charge in [-0.15, -0.1) is 6.58 Å². The molecule has 0 atom stereocenters. The Balaban J connectivity index is 2.12. The van der Waals surface area contributed by atoms with Gasteiger partial charge in [0.25, 0.3) is 0 Å². The number of rotatable bonds is 7. The minimum atomic E-state index is -3.32. The molecule has 0 aromatic heterocycles. The van der Waals surface area contributed by atoms with Crippen molar-refractivity contribution in [3.63, 3.8) is 0 Å². The predicted octanol–water partition coefficient (Wildman–Crippen LogP) is 3.46. The first-order valence-corrected chi connectivity index (χ1v) is 9.74. The zero-order chi connectivity index (χ0) is 16.7. The van der Waals surface area contributed by atoms with Crippen molar-refractivity contribution in [3.8, 4) is 6.07 Å². The lowest BCUT2D eigenvalue weighted by Gasteiger charge is -2.26. The summed E-state index contributed by atoms with van der Waals surface area (Å²) in [6.07, 6.45) is 7.11. The van der Waals surface area contributed by atoms with Crippen LogP contribution in [0.1, 0.15) is 43.2 Å². The van der Waals surface area contributed by atoms with E-state index < -0.39 is 10.0 Å². The summed E-state index contributed by atoms with van der Waals surface area (Å²) in [5, 5.41) is 8.98. The quantitative estimate of drug-likeness (QED) is 0.718. The molecule has 0 saturated heterocycles. The minimum absolute atomic E-state index is 0.221. The predicted molar refractivity (Wildman–Crippen MR) is 92.1 cm³/mol. The molecule has 1 aliphatic carbocycles. The van der Waals surface area contributed by atoms with Gasteiger partial charge in [0.2, 0.25) is 10.0 Å². The topological polar surface area (TPSA) is 61.2 Å². The average Bonchev–Trinajstić information content (AvgIpc) is 2.55. The molecule has 4 nitrogen and oxygen atoms in total. The van der Waals surface area contributed by atoms with Crippen LogP contribution < -0.4 is 0 Å². The molecule has 0 bridgehead atoms. The largest absolute Gasteiger partial charge is 0.214 e. The summed E-state index contributed by atoms with van der Waals surface area (Å²) in [5.74, 6) is 0.491. The van der Waals surface area contributed by atoms with Crippen LogP contribution in [0.25, 0.3) is 0 Å². The third-order valence-corrected chi connectivity index (χ3v) is 6.27. The molecule has 0 unspecified atom stereocenters. The van der Waals surface area contributed by atoms with Gasteiger partial charge < -0.3 is 0 Å². The normalized spacial score (nSPS) is 16.2. The molecule has 0 heterocycles. The Kier molecular flexibility index (Phi) is 6.37. The molecule has 1 fully saturated rings. The maximum absolute atomic E-state index is 12.8. The van der Waals surface area contributed by atoms with Gasteiger partial charge in [0, 0.05) is 13.1 Å². The zero-order valence-corrected chi connectivity index (χ0v) is 14.3. The van der Waals surface area contributed by atoms with Gasteiger partial charge in [-0.3, -0.25) is 0 Å². The molecule has 1 aromatic carbocycles. The number of hydrogen-bond donors (Lipinski definition) is 0. The molecule has 0 N–H and O–H groups in total. The van der Waals surface area contributed by atoms with Crippen LogP contribution in [0.5, 0.6) is 0 Å². The Morgan fingerprint density at radius 2 is 2.04 bits per heavy atom. The Bertz CT molecular complexity index is 671. The number of nitrogens with zero attached hydrogens (tertiary/aromatic N) is 2. The summed E-state index contributed by atoms with van der Waals surface area (Å²) >= 11 is 0. The van der Waals surface area contributed by atoms with Crippen molar-refractivity contribution in [1.29, 1.82) is 5.26 Å². The van der Waals surface area contributed by atoms with Crippen LogP contribution in [0.4, 0.5) is 0 Å². The van der Waals surface area contributed by atoms with E-state index in [2.05, 4.69) is 12.6 Å². The van der Waals surface area contributed by atoms with E-state index in [1.807, 2.05) is 6.07 Å². The molecule has 1 aliphatic rings. The Labute approximate surface area is 139 Å². The van der Waals surface area contributed by atoms with Gasteiger partial charge in [0.15, 0.2) is 0 Å². The first-order chi connectivity index (χ1) is 11.0. The van der Waals surface area contributed by atoms with Crippen molar-refractivity contribution >= 4 is 10.0 Å². The van der Waals surface area contributed by atoms with Crippen molar-refractivity contribution in [2.45, 2.75) is 38.6 Å². The van der Waals surface area contributed by atoms with Crippen LogP contribution in [-0.4, -0.2) is 25.0 Å². The molecular weight excluding hydrogens is 308 g/mol. The van der Waals surface area contributed by atoms with Gasteiger partial charge in [0.1, 0.15) is 0 Å². The molecule has 0 radical (unpaired) electrons. The van der Waals surface area contributed by atoms with E-state index in [0.29, 0.717) is 12.1 Å². The fraction of sp³-hybridized carbons (Fsp3) is 0.500. The highest BCUT2D eigenvalue weighted by atomic mass is 32.2. The van der Waals surface area contributed by atoms with Gasteiger partial charge >= 0.3 is 0 Å². The van der Waals surface area contributed by atoms with E-state index in [1.54, 1.807) is 24.3 Å². The van der Waals surface area contributed by atoms with Crippen LogP contribution in [0.2, 0.25) is 0 Å². The Morgan fingerprint density at radius 3 is 2.70 bits per heavy atom. The molecule has 2 rings (SSSR count). The van der Waals surface area contributed by atoms with E-state index in [-0.39, 0.29) is 18.2 Å². The molecule has 1 aromatic rings. The van der Waals surface area contributed by atoms with Gasteiger partial charge in [-0.1, -0.05) is 37.5 Å². The monoisotopic (exact) mass is 332 g/mol. The second kappa shape index (κ2) is 8.28. The highest BCUT2D eigenvalue weighted by molar-refractivity contribution is 7.89. The third kappa shape index (κ3) is 5.19. The zero-order valence-electron chi connectivity index (χ0n) is 13.4. The molecule has 0 spiro atoms. The van der Waals surface area contributed by atoms with Gasteiger partial charge in [-0.25, -0.2) is 8.42 Å². The van der Waals surface area contributed by atoms with Crippen LogP contribution in [0, 0.1) is 17.2 Å². The van der Waals surface area contributed by atoms with Crippen molar-refractivity contribution in [2.24, 2.45) is 5.92 Å². The lowest BCUT2D eigenvalue weighted by atomic mass is 9.91. The molecule has 0 amide bonds. The van der Waals surface area contributed by atoms with Crippen LogP contribution in [-0.2, 0) is 16.6 Å². The highest BCUT2D eigenvalue weighted by Gasteiger charge is 2.26. The maximum Gasteiger partial charge on any atom is 0.214 e. The van der Waals surface area contributed by atoms with Crippen molar-refractivity contribution < 1.29 is 8.42 Å². The van der Waals surface area contributed by atoms with E-state index >= 15 is 0 Å². The SMILES string of the molecule is C=CCN(Cc1cccc(C#N)c1)S(=O)(=O)CC1CCCCC1. The number of hydrogen-bond acceptors (Lipinski definition) is 3. The van der Waals surface area contributed by atoms with Gasteiger partial charge in [-0.2, -0.15) is 9.57 Å². The van der Waals surface area contributed by atoms with Crippen LogP contribution in [0.3, 0.4) is 0 Å². The first kappa shape index (κ1) is 17.7. The molecule has 124 valence electrons. The van der Waals surface area contributed by atoms with Crippen molar-refractivity contribution in [1.82, 2.24) is 4.31 Å². The third-order valence-electron chi connectivity index (χ3n) is 4.31. The van der Waals surface area contributed by atoms with Crippen LogP contribution in [0.15, 0.2) is 36.9 Å². The molecule has 1 saturated carbocycles. The summed E-state index contributed by atoms with van der Waals surface area (Å²) in [6, 6.07) is 9.19. The average molecular weight is 332 g/mol. The standard InChI is InChI=1S/C18H24N2O2S/c1-2-11-20(14-18-10-6-9-17(12-18)13-19)23(21,22)15-16-7-4-3-5-8-16/h2,6,9-10,12,16H,1,3-5,7-8,11,14-15H2. The fourth-order valence-corrected chi connectivity index (χ4v) is 4.94. The minimum Gasteiger partial charge on any atom is -0.212 e. The Morgan fingerprint density at radius 1 is 1.30 bits per heavy atom. The van der Waals surface area contributed by atoms with Crippen molar-refractivity contribution in [2.75, 3.05) is 12.3 Å². The van der Waals surface area contributed by atoms with E-state index in [0.717, 1.165) is 31.2 Å². The smallest absolute Gasteiger partial charge is 0.212 e. The second-order valence-corrected chi connectivity index (χ2v) is 8.19. The summed E-state index contributed by atoms with van der Waals surface area (Å²) in [6.45, 7) is 4.26. The summed E-state index contributed by atoms with van der Waals surface area (Å²) in [5.41, 5.74) is 1.38. The van der Waals surface area contributed by atoms with Crippen LogP contribution >= 0.6 is 0 Å². The van der Waals surface area contributed by atoms with Gasteiger partial charge in [0.05, 0.1) is 17.4 Å². The number of sulfonamides is 1. The molecular formula is C18H24N2O2S. The molecule has 5 heteroatoms. The van der Waals surface area contributed by atoms with E-state index in [9.17, 15) is 8.42 Å². The lowest BCUT2D eigenvalue weighted by Crippen LogP contribution is -2.35. The molecule has 23 heavy (non-hydrogen) atoms. The lowest BCUT2D eigenvalue weighted by molar-refractivity contribution is 0.370. The summed E-state index contributed by atoms with van der Waals surface area (Å²) in [4.78, 5) is 0. The summed E-state index contributed by atoms with van der Waals surface area (Å²) in [7, 11) is -3.32. The van der Waals surface area contributed by atoms with Gasteiger partial charge in [-0.05, 0) is 36.5 Å². The van der Waals surface area contributed by atoms with E-state index in [1.165, 1.54) is 10.7 Å².